The van der Waals surface area contributed by atoms with E-state index >= 15 is 0 Å². The van der Waals surface area contributed by atoms with Crippen molar-refractivity contribution in [2.75, 3.05) is 13.9 Å². The van der Waals surface area contributed by atoms with Gasteiger partial charge in [0.1, 0.15) is 17.1 Å². The quantitative estimate of drug-likeness (QED) is 0.411. The van der Waals surface area contributed by atoms with E-state index in [2.05, 4.69) is 5.32 Å². The van der Waals surface area contributed by atoms with E-state index < -0.39 is 37.2 Å². The third kappa shape index (κ3) is 5.41. The van der Waals surface area contributed by atoms with Gasteiger partial charge in [-0.3, -0.25) is 9.59 Å². The summed E-state index contributed by atoms with van der Waals surface area (Å²) in [6.07, 6.45) is 0.523. The van der Waals surface area contributed by atoms with Crippen LogP contribution < -0.4 is 14.7 Å². The molecule has 2 rings (SSSR count). The molecule has 0 radical (unpaired) electrons. The average molecular weight is 407 g/mol. The summed E-state index contributed by atoms with van der Waals surface area (Å²) >= 11 is 0. The van der Waals surface area contributed by atoms with Gasteiger partial charge in [0, 0.05) is 6.42 Å². The Labute approximate surface area is 169 Å². The number of nitrogens with one attached hydrogen (secondary N) is 1. The second kappa shape index (κ2) is 9.17. The van der Waals surface area contributed by atoms with Gasteiger partial charge in [0.2, 0.25) is 12.7 Å². The first-order chi connectivity index (χ1) is 13.6. The highest BCUT2D eigenvalue weighted by Gasteiger charge is 2.39. The molecule has 158 valence electrons. The van der Waals surface area contributed by atoms with Crippen LogP contribution in [0.25, 0.3) is 0 Å². The van der Waals surface area contributed by atoms with Gasteiger partial charge in [0.15, 0.2) is 0 Å². The Morgan fingerprint density at radius 3 is 2.55 bits per heavy atom. The van der Waals surface area contributed by atoms with Crippen LogP contribution in [-0.2, 0) is 25.5 Å². The van der Waals surface area contributed by atoms with E-state index in [0.717, 1.165) is 0 Å². The molecule has 1 aliphatic rings. The van der Waals surface area contributed by atoms with Gasteiger partial charge in [-0.15, -0.1) is 0 Å². The normalized spacial score (nSPS) is 15.7. The molecule has 1 atom stereocenters. The van der Waals surface area contributed by atoms with Gasteiger partial charge >= 0.3 is 19.1 Å². The summed E-state index contributed by atoms with van der Waals surface area (Å²) in [5, 5.41) is 12.9. The Morgan fingerprint density at radius 2 is 1.97 bits per heavy atom. The van der Waals surface area contributed by atoms with Gasteiger partial charge in [0.25, 0.3) is 0 Å². The Balaban J connectivity index is 2.20. The lowest BCUT2D eigenvalue weighted by Gasteiger charge is -2.29. The molecule has 29 heavy (non-hydrogen) atoms. The average Bonchev–Trinajstić information content (AvgIpc) is 2.66. The molecule has 9 nitrogen and oxygen atoms in total. The van der Waals surface area contributed by atoms with Crippen LogP contribution in [0.15, 0.2) is 12.1 Å². The predicted octanol–water partition coefficient (Wildman–Crippen LogP) is 1.25. The third-order valence-corrected chi connectivity index (χ3v) is 4.31. The van der Waals surface area contributed by atoms with Crippen LogP contribution in [0.3, 0.4) is 0 Å². The highest BCUT2D eigenvalue weighted by molar-refractivity contribution is 6.47. The van der Waals surface area contributed by atoms with E-state index in [9.17, 15) is 19.4 Å². The second-order valence-corrected chi connectivity index (χ2v) is 7.60. The number of carbonyl (C=O) groups is 3. The Bertz CT molecular complexity index is 789. The van der Waals surface area contributed by atoms with Crippen molar-refractivity contribution in [3.63, 3.8) is 0 Å². The number of rotatable bonds is 6. The van der Waals surface area contributed by atoms with Crippen molar-refractivity contribution in [1.29, 1.82) is 0 Å². The SMILES string of the molecule is CCC(=O)N[C@H]1Cc2ccc(OC)c(C(=O)OCOC(=O)C(C)(C)C)c2OB1O. The second-order valence-electron chi connectivity index (χ2n) is 7.60. The largest absolute Gasteiger partial charge is 0.547 e. The molecule has 0 spiro atoms. The first kappa shape index (κ1) is 22.5. The van der Waals surface area contributed by atoms with Crippen molar-refractivity contribution in [1.82, 2.24) is 5.32 Å². The minimum absolute atomic E-state index is 0.0314. The van der Waals surface area contributed by atoms with Gasteiger partial charge in [-0.1, -0.05) is 13.0 Å². The summed E-state index contributed by atoms with van der Waals surface area (Å²) in [5.41, 5.74) is -0.173. The number of esters is 2. The van der Waals surface area contributed by atoms with E-state index in [-0.39, 0.29) is 35.8 Å². The number of fused-ring (bicyclic) bond motifs is 1. The fourth-order valence-corrected chi connectivity index (χ4v) is 2.66. The van der Waals surface area contributed by atoms with Crippen molar-refractivity contribution in [2.24, 2.45) is 5.41 Å². The van der Waals surface area contributed by atoms with Gasteiger partial charge in [-0.25, -0.2) is 4.79 Å². The van der Waals surface area contributed by atoms with Gasteiger partial charge < -0.3 is 29.2 Å². The molecule has 0 saturated heterocycles. The zero-order chi connectivity index (χ0) is 21.8. The predicted molar refractivity (Wildman–Crippen MR) is 103 cm³/mol. The summed E-state index contributed by atoms with van der Waals surface area (Å²) < 4.78 is 20.7. The van der Waals surface area contributed by atoms with Crippen LogP contribution in [0.1, 0.15) is 50.0 Å². The number of carbonyl (C=O) groups excluding carboxylic acids is 3. The molecule has 0 bridgehead atoms. The number of methoxy groups -OCH3 is 1. The number of hydrogen-bond donors (Lipinski definition) is 2. The maximum absolute atomic E-state index is 12.6. The molecule has 0 saturated carbocycles. The lowest BCUT2D eigenvalue weighted by molar-refractivity contribution is -0.161. The van der Waals surface area contributed by atoms with Crippen molar-refractivity contribution in [3.05, 3.63) is 23.3 Å². The number of ether oxygens (including phenoxy) is 3. The number of hydrogen-bond acceptors (Lipinski definition) is 8. The van der Waals surface area contributed by atoms with Gasteiger partial charge in [0.05, 0.1) is 18.5 Å². The molecule has 10 heteroatoms. The molecule has 0 aromatic heterocycles. The Kier molecular flexibility index (Phi) is 7.13. The van der Waals surface area contributed by atoms with Crippen LogP contribution in [-0.4, -0.2) is 49.8 Å². The van der Waals surface area contributed by atoms with Gasteiger partial charge in [-0.2, -0.15) is 0 Å². The lowest BCUT2D eigenvalue weighted by Crippen LogP contribution is -2.53. The van der Waals surface area contributed by atoms with Crippen molar-refractivity contribution >= 4 is 25.0 Å². The molecule has 1 heterocycles. The number of amides is 1. The highest BCUT2D eigenvalue weighted by atomic mass is 16.7. The summed E-state index contributed by atoms with van der Waals surface area (Å²) in [4.78, 5) is 36.1. The van der Waals surface area contributed by atoms with Crippen LogP contribution in [0.5, 0.6) is 11.5 Å². The topological polar surface area (TPSA) is 120 Å². The summed E-state index contributed by atoms with van der Waals surface area (Å²) in [6.45, 7) is 6.16. The molecule has 2 N–H and O–H groups in total. The van der Waals surface area contributed by atoms with E-state index in [1.165, 1.54) is 7.11 Å². The molecule has 1 amide bonds. The van der Waals surface area contributed by atoms with Crippen LogP contribution in [0.4, 0.5) is 0 Å². The van der Waals surface area contributed by atoms with Crippen LogP contribution in [0, 0.1) is 5.41 Å². The van der Waals surface area contributed by atoms with Crippen molar-refractivity contribution in [3.8, 4) is 11.5 Å². The zero-order valence-electron chi connectivity index (χ0n) is 17.2. The zero-order valence-corrected chi connectivity index (χ0v) is 17.2. The minimum Gasteiger partial charge on any atom is -0.534 e. The minimum atomic E-state index is -1.35. The lowest BCUT2D eigenvalue weighted by atomic mass is 9.72. The standard InChI is InChI=1S/C19H26BNO8/c1-6-14(22)21-13-9-11-7-8-12(26-5)15(16(11)29-20(13)25)17(23)27-10-28-18(24)19(2,3)4/h7-8,13,25H,6,9-10H2,1-5H3,(H,21,22)/t13-/m0/s1. The molecule has 0 fully saturated rings. The monoisotopic (exact) mass is 407 g/mol. The fraction of sp³-hybridized carbons (Fsp3) is 0.526. The van der Waals surface area contributed by atoms with E-state index in [0.29, 0.717) is 5.56 Å². The van der Waals surface area contributed by atoms with E-state index in [1.807, 2.05) is 0 Å². The van der Waals surface area contributed by atoms with Gasteiger partial charge in [-0.05, 0) is 38.8 Å². The maximum Gasteiger partial charge on any atom is 0.547 e. The molecule has 1 aromatic carbocycles. The van der Waals surface area contributed by atoms with Crippen molar-refractivity contribution < 1.29 is 38.3 Å². The van der Waals surface area contributed by atoms with Crippen LogP contribution >= 0.6 is 0 Å². The first-order valence-corrected chi connectivity index (χ1v) is 9.26. The number of benzene rings is 1. The smallest absolute Gasteiger partial charge is 0.534 e. The summed E-state index contributed by atoms with van der Waals surface area (Å²) in [5.74, 6) is -1.95. The molecule has 1 aliphatic heterocycles. The van der Waals surface area contributed by atoms with Crippen molar-refractivity contribution in [2.45, 2.75) is 46.5 Å². The molecule has 0 aliphatic carbocycles. The summed E-state index contributed by atoms with van der Waals surface area (Å²) in [7, 11) is 0.0251. The third-order valence-electron chi connectivity index (χ3n) is 4.31. The summed E-state index contributed by atoms with van der Waals surface area (Å²) in [6, 6.07) is 3.25. The fourth-order valence-electron chi connectivity index (χ4n) is 2.66. The molecular weight excluding hydrogens is 381 g/mol. The Hall–Kier alpha value is -2.75. The first-order valence-electron chi connectivity index (χ1n) is 9.26. The highest BCUT2D eigenvalue weighted by Crippen LogP contribution is 2.36. The van der Waals surface area contributed by atoms with Crippen LogP contribution in [0.2, 0.25) is 0 Å². The van der Waals surface area contributed by atoms with E-state index in [1.54, 1.807) is 39.8 Å². The van der Waals surface area contributed by atoms with E-state index in [4.69, 9.17) is 18.9 Å². The Morgan fingerprint density at radius 1 is 1.28 bits per heavy atom. The molecule has 1 aromatic rings. The molecular formula is C19H26BNO8. The maximum atomic E-state index is 12.6. The molecule has 0 unspecified atom stereocenters.